The third-order valence-electron chi connectivity index (χ3n) is 0.780. The maximum Gasteiger partial charge on any atom is 0.453 e. The zero-order valence-corrected chi connectivity index (χ0v) is 5.39. The van der Waals surface area contributed by atoms with E-state index >= 15 is 0 Å². The first kappa shape index (κ1) is 6.66. The van der Waals surface area contributed by atoms with Crippen molar-refractivity contribution in [3.63, 3.8) is 0 Å². The molecule has 0 aromatic carbocycles. The van der Waals surface area contributed by atoms with E-state index in [0.717, 1.165) is 11.1 Å². The average molecular weight is 142 g/mol. The lowest BCUT2D eigenvalue weighted by molar-refractivity contribution is 0.145. The number of aromatic nitrogens is 4. The van der Waals surface area contributed by atoms with E-state index in [9.17, 15) is 4.79 Å². The maximum atomic E-state index is 10.7. The molecular weight excluding hydrogens is 136 g/mol. The Bertz CT molecular complexity index is 207. The average Bonchev–Trinajstić information content (AvgIpc) is 2.38. The van der Waals surface area contributed by atoms with Crippen LogP contribution < -0.4 is 0 Å². The summed E-state index contributed by atoms with van der Waals surface area (Å²) >= 11 is 0. The summed E-state index contributed by atoms with van der Waals surface area (Å²) in [5.74, 6) is 0. The number of carbonyl (C=O) groups is 1. The van der Waals surface area contributed by atoms with Gasteiger partial charge >= 0.3 is 6.09 Å². The van der Waals surface area contributed by atoms with E-state index in [1.54, 1.807) is 6.92 Å². The van der Waals surface area contributed by atoms with Crippen LogP contribution >= 0.6 is 0 Å². The summed E-state index contributed by atoms with van der Waals surface area (Å²) in [4.78, 5) is 11.5. The maximum absolute atomic E-state index is 10.7. The molecule has 0 aliphatic rings. The molecule has 1 aromatic heterocycles. The largest absolute Gasteiger partial charge is 0.453 e. The van der Waals surface area contributed by atoms with Gasteiger partial charge in [-0.2, -0.15) is 0 Å². The monoisotopic (exact) mass is 142 g/mol. The summed E-state index contributed by atoms with van der Waals surface area (Å²) in [7, 11) is 0. The third kappa shape index (κ3) is 1.28. The molecule has 0 aliphatic carbocycles. The van der Waals surface area contributed by atoms with Crippen LogP contribution in [-0.2, 0) is 4.74 Å². The minimum Gasteiger partial charge on any atom is -0.447 e. The van der Waals surface area contributed by atoms with E-state index < -0.39 is 6.09 Å². The second-order valence-corrected chi connectivity index (χ2v) is 1.42. The Hall–Kier alpha value is -1.46. The highest BCUT2D eigenvalue weighted by Crippen LogP contribution is 1.80. The normalized spacial score (nSPS) is 9.30. The van der Waals surface area contributed by atoms with Gasteiger partial charge in [0.15, 0.2) is 6.33 Å². The van der Waals surface area contributed by atoms with E-state index in [1.165, 1.54) is 0 Å². The van der Waals surface area contributed by atoms with Gasteiger partial charge in [-0.25, -0.2) is 4.79 Å². The molecule has 10 heavy (non-hydrogen) atoms. The molecule has 0 aliphatic heterocycles. The summed E-state index contributed by atoms with van der Waals surface area (Å²) < 4.78 is 4.55. The quantitative estimate of drug-likeness (QED) is 0.537. The molecule has 6 heteroatoms. The van der Waals surface area contributed by atoms with Crippen molar-refractivity contribution >= 4 is 6.09 Å². The Labute approximate surface area is 56.8 Å². The molecule has 0 unspecified atom stereocenters. The molecule has 1 aromatic rings. The molecule has 0 saturated carbocycles. The van der Waals surface area contributed by atoms with Crippen molar-refractivity contribution in [2.24, 2.45) is 0 Å². The van der Waals surface area contributed by atoms with Crippen LogP contribution in [0.15, 0.2) is 6.33 Å². The molecule has 1 heterocycles. The fourth-order valence-electron chi connectivity index (χ4n) is 0.432. The van der Waals surface area contributed by atoms with Gasteiger partial charge in [-0.05, 0) is 12.1 Å². The van der Waals surface area contributed by atoms with Crippen LogP contribution in [0.1, 0.15) is 6.92 Å². The van der Waals surface area contributed by atoms with Crippen molar-refractivity contribution in [3.8, 4) is 0 Å². The topological polar surface area (TPSA) is 69.9 Å². The van der Waals surface area contributed by atoms with Gasteiger partial charge in [0.2, 0.25) is 0 Å². The van der Waals surface area contributed by atoms with Gasteiger partial charge in [-0.3, -0.25) is 0 Å². The van der Waals surface area contributed by atoms with Crippen molar-refractivity contribution in [1.82, 2.24) is 20.2 Å². The predicted molar refractivity (Wildman–Crippen MR) is 30.2 cm³/mol. The molecule has 0 atom stereocenters. The standard InChI is InChI=1S/C4H6N4O2/c1-2-10-4(9)8-6-3-5-7-8/h3H,2H2,1H3. The molecule has 54 valence electrons. The van der Waals surface area contributed by atoms with Gasteiger partial charge in [0.25, 0.3) is 0 Å². The Morgan fingerprint density at radius 2 is 2.60 bits per heavy atom. The number of tetrazole rings is 1. The van der Waals surface area contributed by atoms with Crippen LogP contribution in [0.3, 0.4) is 0 Å². The highest BCUT2D eigenvalue weighted by Gasteiger charge is 2.04. The first-order valence-corrected chi connectivity index (χ1v) is 2.74. The van der Waals surface area contributed by atoms with Crippen LogP contribution in [0.4, 0.5) is 4.79 Å². The van der Waals surface area contributed by atoms with Crippen LogP contribution in [0.5, 0.6) is 0 Å². The van der Waals surface area contributed by atoms with Crippen molar-refractivity contribution in [3.05, 3.63) is 6.33 Å². The predicted octanol–water partition coefficient (Wildman–Crippen LogP) is -0.322. The van der Waals surface area contributed by atoms with E-state index in [1.807, 2.05) is 0 Å². The summed E-state index contributed by atoms with van der Waals surface area (Å²) in [6.07, 6.45) is 0.553. The molecule has 0 saturated heterocycles. The zero-order chi connectivity index (χ0) is 7.40. The zero-order valence-electron chi connectivity index (χ0n) is 5.39. The number of rotatable bonds is 1. The van der Waals surface area contributed by atoms with Gasteiger partial charge in [0.1, 0.15) is 0 Å². The van der Waals surface area contributed by atoms with Crippen LogP contribution in [0.25, 0.3) is 0 Å². The highest BCUT2D eigenvalue weighted by molar-refractivity contribution is 5.67. The summed E-state index contributed by atoms with van der Waals surface area (Å²) in [5, 5.41) is 10.1. The van der Waals surface area contributed by atoms with Gasteiger partial charge < -0.3 is 4.74 Å². The van der Waals surface area contributed by atoms with Crippen LogP contribution in [0.2, 0.25) is 0 Å². The minimum atomic E-state index is -0.611. The van der Waals surface area contributed by atoms with Gasteiger partial charge in [0.05, 0.1) is 6.61 Å². The fourth-order valence-corrected chi connectivity index (χ4v) is 0.432. The number of carbonyl (C=O) groups excluding carboxylic acids is 1. The molecule has 0 N–H and O–H groups in total. The summed E-state index contributed by atoms with van der Waals surface area (Å²) in [5.41, 5.74) is 0. The molecular formula is C4H6N4O2. The Morgan fingerprint density at radius 1 is 1.80 bits per heavy atom. The summed E-state index contributed by atoms with van der Waals surface area (Å²) in [6, 6.07) is 0. The SMILES string of the molecule is CCOC(=O)n1ncnn1. The molecule has 0 radical (unpaired) electrons. The van der Waals surface area contributed by atoms with Gasteiger partial charge in [0, 0.05) is 0 Å². The van der Waals surface area contributed by atoms with Crippen molar-refractivity contribution in [2.75, 3.05) is 6.61 Å². The molecule has 0 bridgehead atoms. The van der Waals surface area contributed by atoms with Crippen molar-refractivity contribution < 1.29 is 9.53 Å². The number of ether oxygens (including phenoxy) is 1. The van der Waals surface area contributed by atoms with Crippen LogP contribution in [-0.4, -0.2) is 32.9 Å². The molecule has 1 rings (SSSR count). The lowest BCUT2D eigenvalue weighted by atomic mass is 10.9. The van der Waals surface area contributed by atoms with Crippen molar-refractivity contribution in [2.45, 2.75) is 6.92 Å². The molecule has 0 fully saturated rings. The Balaban J connectivity index is 2.59. The lowest BCUT2D eigenvalue weighted by Gasteiger charge is -1.95. The first-order valence-electron chi connectivity index (χ1n) is 2.74. The Kier molecular flexibility index (Phi) is 1.93. The molecule has 0 amide bonds. The fraction of sp³-hybridized carbons (Fsp3) is 0.500. The van der Waals surface area contributed by atoms with E-state index in [2.05, 4.69) is 20.1 Å². The van der Waals surface area contributed by atoms with Crippen molar-refractivity contribution in [1.29, 1.82) is 0 Å². The van der Waals surface area contributed by atoms with E-state index in [4.69, 9.17) is 0 Å². The number of hydrogen-bond acceptors (Lipinski definition) is 5. The Morgan fingerprint density at radius 3 is 3.10 bits per heavy atom. The minimum absolute atomic E-state index is 0.306. The smallest absolute Gasteiger partial charge is 0.447 e. The lowest BCUT2D eigenvalue weighted by Crippen LogP contribution is -2.16. The number of nitrogens with zero attached hydrogens (tertiary/aromatic N) is 4. The van der Waals surface area contributed by atoms with Gasteiger partial charge in [-0.15, -0.1) is 10.2 Å². The molecule has 0 spiro atoms. The first-order chi connectivity index (χ1) is 4.84. The third-order valence-corrected chi connectivity index (χ3v) is 0.780. The molecule has 6 nitrogen and oxygen atoms in total. The second-order valence-electron chi connectivity index (χ2n) is 1.42. The van der Waals surface area contributed by atoms with E-state index in [0.29, 0.717) is 6.61 Å². The highest BCUT2D eigenvalue weighted by atomic mass is 16.6. The van der Waals surface area contributed by atoms with Crippen LogP contribution in [0, 0.1) is 0 Å². The van der Waals surface area contributed by atoms with Gasteiger partial charge in [-0.1, -0.05) is 4.80 Å². The number of hydrogen-bond donors (Lipinski definition) is 0. The summed E-state index contributed by atoms with van der Waals surface area (Å²) in [6.45, 7) is 2.01. The second kappa shape index (κ2) is 2.90. The van der Waals surface area contributed by atoms with E-state index in [-0.39, 0.29) is 0 Å².